The van der Waals surface area contributed by atoms with Crippen LogP contribution in [0.4, 0.5) is 17.1 Å². The molecule has 0 fully saturated rings. The molecule has 0 saturated heterocycles. The normalized spacial score (nSPS) is 11.5. The Morgan fingerprint density at radius 3 is 1.75 bits per heavy atom. The molecule has 2 heteroatoms. The molecule has 0 spiro atoms. The van der Waals surface area contributed by atoms with Gasteiger partial charge in [0.2, 0.25) is 0 Å². The maximum Gasteiger partial charge on any atom is 0.136 e. The van der Waals surface area contributed by atoms with E-state index in [0.717, 1.165) is 44.6 Å². The average Bonchev–Trinajstić information content (AvgIpc) is 3.60. The van der Waals surface area contributed by atoms with Crippen LogP contribution in [-0.4, -0.2) is 0 Å². The molecule has 10 aromatic rings. The number of rotatable bonds is 6. The van der Waals surface area contributed by atoms with Crippen molar-refractivity contribution in [3.63, 3.8) is 0 Å². The van der Waals surface area contributed by atoms with Gasteiger partial charge < -0.3 is 9.32 Å². The van der Waals surface area contributed by atoms with E-state index in [1.54, 1.807) is 0 Å². The number of nitrogens with zero attached hydrogens (tertiary/aromatic N) is 1. The number of hydrogen-bond acceptors (Lipinski definition) is 2. The molecule has 2 nitrogen and oxygen atoms in total. The van der Waals surface area contributed by atoms with Crippen LogP contribution in [0.2, 0.25) is 0 Å². The molecule has 0 atom stereocenters. The summed E-state index contributed by atoms with van der Waals surface area (Å²) in [6.45, 7) is 0. The van der Waals surface area contributed by atoms with Crippen molar-refractivity contribution in [1.82, 2.24) is 0 Å². The molecule has 0 N–H and O–H groups in total. The van der Waals surface area contributed by atoms with E-state index in [9.17, 15) is 0 Å². The fourth-order valence-electron chi connectivity index (χ4n) is 7.78. The number of furan rings is 1. The van der Waals surface area contributed by atoms with Crippen LogP contribution in [0.1, 0.15) is 0 Å². The monoisotopic (exact) mass is 663 g/mol. The second-order valence-corrected chi connectivity index (χ2v) is 13.3. The van der Waals surface area contributed by atoms with Crippen LogP contribution in [0.3, 0.4) is 0 Å². The lowest BCUT2D eigenvalue weighted by Gasteiger charge is -2.25. The van der Waals surface area contributed by atoms with Crippen molar-refractivity contribution in [2.75, 3.05) is 4.90 Å². The second-order valence-electron chi connectivity index (χ2n) is 13.3. The maximum absolute atomic E-state index is 6.54. The highest BCUT2D eigenvalue weighted by atomic mass is 16.3. The maximum atomic E-state index is 6.54. The topological polar surface area (TPSA) is 16.4 Å². The van der Waals surface area contributed by atoms with E-state index in [1.165, 1.54) is 49.4 Å². The van der Waals surface area contributed by atoms with Gasteiger partial charge in [0.05, 0.1) is 0 Å². The van der Waals surface area contributed by atoms with Gasteiger partial charge >= 0.3 is 0 Å². The second kappa shape index (κ2) is 12.5. The van der Waals surface area contributed by atoms with Crippen LogP contribution in [0.15, 0.2) is 205 Å². The quantitative estimate of drug-likeness (QED) is 0.176. The third-order valence-corrected chi connectivity index (χ3v) is 10.3. The van der Waals surface area contributed by atoms with E-state index in [1.807, 2.05) is 0 Å². The van der Waals surface area contributed by atoms with Crippen molar-refractivity contribution < 1.29 is 4.42 Å². The van der Waals surface area contributed by atoms with Crippen LogP contribution in [-0.2, 0) is 0 Å². The van der Waals surface area contributed by atoms with E-state index in [-0.39, 0.29) is 0 Å². The Morgan fingerprint density at radius 1 is 0.308 bits per heavy atom. The molecule has 0 saturated carbocycles. The third-order valence-electron chi connectivity index (χ3n) is 10.3. The minimum absolute atomic E-state index is 0.871. The Hall–Kier alpha value is -6.90. The van der Waals surface area contributed by atoms with Gasteiger partial charge in [-0.3, -0.25) is 0 Å². The van der Waals surface area contributed by atoms with Crippen LogP contribution in [0.25, 0.3) is 76.9 Å². The van der Waals surface area contributed by atoms with Gasteiger partial charge in [-0.05, 0) is 110 Å². The summed E-state index contributed by atoms with van der Waals surface area (Å²) in [5, 5.41) is 7.17. The molecular weight excluding hydrogens is 631 g/mol. The number of hydrogen-bond donors (Lipinski definition) is 0. The van der Waals surface area contributed by atoms with Crippen molar-refractivity contribution >= 4 is 60.5 Å². The summed E-state index contributed by atoms with van der Waals surface area (Å²) >= 11 is 0. The number of anilines is 3. The van der Waals surface area contributed by atoms with Crippen molar-refractivity contribution in [2.45, 2.75) is 0 Å². The van der Waals surface area contributed by atoms with E-state index < -0.39 is 0 Å². The lowest BCUT2D eigenvalue weighted by atomic mass is 9.90. The van der Waals surface area contributed by atoms with E-state index >= 15 is 0 Å². The number of fused-ring (bicyclic) bond motifs is 5. The van der Waals surface area contributed by atoms with Crippen LogP contribution < -0.4 is 4.90 Å². The van der Waals surface area contributed by atoms with Crippen LogP contribution >= 0.6 is 0 Å². The molecular formula is C50H33NO. The zero-order chi connectivity index (χ0) is 34.4. The van der Waals surface area contributed by atoms with Crippen molar-refractivity contribution in [2.24, 2.45) is 0 Å². The lowest BCUT2D eigenvalue weighted by Crippen LogP contribution is -2.09. The van der Waals surface area contributed by atoms with Crippen LogP contribution in [0.5, 0.6) is 0 Å². The zero-order valence-corrected chi connectivity index (χ0v) is 28.4. The lowest BCUT2D eigenvalue weighted by molar-refractivity contribution is 0.669. The van der Waals surface area contributed by atoms with Gasteiger partial charge in [0.15, 0.2) is 0 Å². The molecule has 0 radical (unpaired) electrons. The van der Waals surface area contributed by atoms with Gasteiger partial charge in [0.1, 0.15) is 11.2 Å². The minimum atomic E-state index is 0.871. The fraction of sp³-hybridized carbons (Fsp3) is 0. The molecule has 1 aromatic heterocycles. The van der Waals surface area contributed by atoms with Crippen molar-refractivity contribution in [3.8, 4) is 33.4 Å². The Bertz CT molecular complexity index is 2890. The zero-order valence-electron chi connectivity index (χ0n) is 28.4. The Kier molecular flexibility index (Phi) is 7.18. The highest BCUT2D eigenvalue weighted by Gasteiger charge is 2.19. The number of para-hydroxylation sites is 1. The molecule has 0 bridgehead atoms. The minimum Gasteiger partial charge on any atom is -0.456 e. The molecule has 244 valence electrons. The van der Waals surface area contributed by atoms with E-state index in [2.05, 4.69) is 205 Å². The van der Waals surface area contributed by atoms with Gasteiger partial charge in [0, 0.05) is 27.8 Å². The molecule has 1 heterocycles. The molecule has 0 aliphatic rings. The van der Waals surface area contributed by atoms with Crippen molar-refractivity contribution in [1.29, 1.82) is 0 Å². The predicted octanol–water partition coefficient (Wildman–Crippen LogP) is 14.4. The van der Waals surface area contributed by atoms with E-state index in [4.69, 9.17) is 4.42 Å². The predicted molar refractivity (Wildman–Crippen MR) is 220 cm³/mol. The SMILES string of the molecule is c1ccc(-c2ccc(-c3cccc4oc5ccc(N(c6ccccc6)c6ccc(-c7ccc8ccccc8c7)cc6)cc5c34)c3ccccc23)cc1. The summed E-state index contributed by atoms with van der Waals surface area (Å²) in [7, 11) is 0. The van der Waals surface area contributed by atoms with Gasteiger partial charge in [0.25, 0.3) is 0 Å². The summed E-state index contributed by atoms with van der Waals surface area (Å²) in [6, 6.07) is 71.6. The molecule has 10 rings (SSSR count). The number of benzene rings is 9. The van der Waals surface area contributed by atoms with Gasteiger partial charge in [-0.1, -0.05) is 146 Å². The molecule has 0 unspecified atom stereocenters. The summed E-state index contributed by atoms with van der Waals surface area (Å²) < 4.78 is 6.54. The third kappa shape index (κ3) is 5.12. The Balaban J connectivity index is 1.12. The van der Waals surface area contributed by atoms with Crippen LogP contribution in [0, 0.1) is 0 Å². The largest absolute Gasteiger partial charge is 0.456 e. The van der Waals surface area contributed by atoms with Gasteiger partial charge in [-0.2, -0.15) is 0 Å². The highest BCUT2D eigenvalue weighted by molar-refractivity contribution is 6.17. The first-order valence-electron chi connectivity index (χ1n) is 17.8. The summed E-state index contributed by atoms with van der Waals surface area (Å²) in [5.41, 5.74) is 12.2. The summed E-state index contributed by atoms with van der Waals surface area (Å²) in [4.78, 5) is 2.33. The first kappa shape index (κ1) is 30.0. The Morgan fingerprint density at radius 2 is 0.942 bits per heavy atom. The molecule has 0 amide bonds. The van der Waals surface area contributed by atoms with Gasteiger partial charge in [-0.15, -0.1) is 0 Å². The van der Waals surface area contributed by atoms with Gasteiger partial charge in [-0.25, -0.2) is 0 Å². The molecule has 52 heavy (non-hydrogen) atoms. The Labute approximate surface area is 302 Å². The smallest absolute Gasteiger partial charge is 0.136 e. The standard InChI is InChI=1S/C50H33NO/c1-3-13-36(14-4-1)42-29-30-45(44-19-10-9-18-43(42)44)46-20-11-21-49-50(46)47-33-41(28-31-48(47)52-49)51(39-16-5-2-6-17-39)40-26-24-35(25-27-40)38-23-22-34-12-7-8-15-37(34)32-38/h1-33H. The highest BCUT2D eigenvalue weighted by Crippen LogP contribution is 2.44. The van der Waals surface area contributed by atoms with Crippen molar-refractivity contribution in [3.05, 3.63) is 200 Å². The summed E-state index contributed by atoms with van der Waals surface area (Å²) in [6.07, 6.45) is 0. The molecule has 0 aliphatic heterocycles. The molecule has 0 aliphatic carbocycles. The first-order valence-corrected chi connectivity index (χ1v) is 17.8. The average molecular weight is 664 g/mol. The van der Waals surface area contributed by atoms with E-state index in [0.29, 0.717) is 0 Å². The first-order chi connectivity index (χ1) is 25.8. The fourth-order valence-corrected chi connectivity index (χ4v) is 7.78. The molecule has 9 aromatic carbocycles. The summed E-state index contributed by atoms with van der Waals surface area (Å²) in [5.74, 6) is 0.